The molecule has 0 aromatic carbocycles. The quantitative estimate of drug-likeness (QED) is 0.373. The Kier molecular flexibility index (Phi) is 8.13. The second-order valence-electron chi connectivity index (χ2n) is 2.84. The average Bonchev–Trinajstić information content (AvgIpc) is 1.78. The summed E-state index contributed by atoms with van der Waals surface area (Å²) in [5, 5.41) is 0. The Balaban J connectivity index is 0. The second-order valence-corrected chi connectivity index (χ2v) is 4.48. The van der Waals surface area contributed by atoms with Gasteiger partial charge in [0.05, 0.1) is 33.5 Å². The maximum absolute atomic E-state index is 10.4. The zero-order chi connectivity index (χ0) is 8.91. The number of halogens is 1. The first-order chi connectivity index (χ1) is 4.92. The minimum absolute atomic E-state index is 0. The molecule has 0 amide bonds. The number of quaternary nitrogens is 1. The lowest BCUT2D eigenvalue weighted by Crippen LogP contribution is -3.05. The van der Waals surface area contributed by atoms with Crippen LogP contribution in [-0.2, 0) is 14.3 Å². The molecule has 0 atom stereocenters. The van der Waals surface area contributed by atoms with Gasteiger partial charge in [-0.1, -0.05) is 0 Å². The smallest absolute Gasteiger partial charge is 0.264 e. The summed E-state index contributed by atoms with van der Waals surface area (Å²) in [5.41, 5.74) is 0. The number of hydrogen-bond donors (Lipinski definition) is 1. The lowest BCUT2D eigenvalue weighted by atomic mass is 10.4. The van der Waals surface area contributed by atoms with Crippen LogP contribution in [-0.4, -0.2) is 41.9 Å². The van der Waals surface area contributed by atoms with E-state index in [2.05, 4.69) is 4.18 Å². The van der Waals surface area contributed by atoms with E-state index in [-0.39, 0.29) is 12.4 Å². The van der Waals surface area contributed by atoms with Gasteiger partial charge in [0.1, 0.15) is 0 Å². The Morgan fingerprint density at radius 1 is 1.33 bits per heavy atom. The van der Waals surface area contributed by atoms with Crippen LogP contribution in [0.15, 0.2) is 0 Å². The molecule has 0 aliphatic rings. The molecule has 0 aliphatic carbocycles. The summed E-state index contributed by atoms with van der Waals surface area (Å²) in [4.78, 5) is 1.29. The van der Waals surface area contributed by atoms with E-state index >= 15 is 0 Å². The van der Waals surface area contributed by atoms with Crippen molar-refractivity contribution in [3.05, 3.63) is 0 Å². The lowest BCUT2D eigenvalue weighted by Gasteiger charge is -2.05. The third-order valence-electron chi connectivity index (χ3n) is 1.12. The molecule has 0 spiro atoms. The van der Waals surface area contributed by atoms with E-state index in [0.717, 1.165) is 19.2 Å². The molecule has 0 saturated carbocycles. The molecule has 1 N–H and O–H groups in total. The molecule has 0 aromatic heterocycles. The van der Waals surface area contributed by atoms with Crippen LogP contribution in [0.5, 0.6) is 0 Å². The van der Waals surface area contributed by atoms with Crippen molar-refractivity contribution in [1.29, 1.82) is 0 Å². The highest BCUT2D eigenvalue weighted by molar-refractivity contribution is 7.85. The molecule has 76 valence electrons. The monoisotopic (exact) mass is 217 g/mol. The van der Waals surface area contributed by atoms with Gasteiger partial charge < -0.3 is 17.3 Å². The average molecular weight is 218 g/mol. The molecule has 0 aromatic rings. The SMILES string of the molecule is C[NH+](C)CCCOS(C)(=O)=O.[Cl-]. The highest BCUT2D eigenvalue weighted by atomic mass is 35.5. The van der Waals surface area contributed by atoms with Crippen LogP contribution in [0.1, 0.15) is 6.42 Å². The van der Waals surface area contributed by atoms with Crippen LogP contribution < -0.4 is 17.3 Å². The van der Waals surface area contributed by atoms with Crippen molar-refractivity contribution < 1.29 is 29.9 Å². The van der Waals surface area contributed by atoms with Gasteiger partial charge in [0.25, 0.3) is 10.1 Å². The molecule has 0 aliphatic heterocycles. The van der Waals surface area contributed by atoms with Crippen molar-refractivity contribution in [1.82, 2.24) is 0 Å². The normalized spacial score (nSPS) is 11.3. The van der Waals surface area contributed by atoms with Gasteiger partial charge in [-0.05, 0) is 0 Å². The number of hydrogen-bond acceptors (Lipinski definition) is 3. The van der Waals surface area contributed by atoms with Gasteiger partial charge in [0, 0.05) is 6.42 Å². The topological polar surface area (TPSA) is 47.8 Å². The van der Waals surface area contributed by atoms with E-state index in [1.165, 1.54) is 4.90 Å². The van der Waals surface area contributed by atoms with Crippen molar-refractivity contribution in [2.75, 3.05) is 33.5 Å². The Morgan fingerprint density at radius 2 is 1.83 bits per heavy atom. The van der Waals surface area contributed by atoms with E-state index in [4.69, 9.17) is 0 Å². The molecule has 0 unspecified atom stereocenters. The Morgan fingerprint density at radius 3 is 2.17 bits per heavy atom. The van der Waals surface area contributed by atoms with Gasteiger partial charge in [-0.15, -0.1) is 0 Å². The molecular weight excluding hydrogens is 202 g/mol. The molecule has 12 heavy (non-hydrogen) atoms. The fraction of sp³-hybridized carbons (Fsp3) is 1.00. The maximum Gasteiger partial charge on any atom is 0.264 e. The largest absolute Gasteiger partial charge is 1.00 e. The standard InChI is InChI=1S/C6H15NO3S.ClH/c1-7(2)5-4-6-10-11(3,8)9;/h4-6H2,1-3H3;1H. The maximum atomic E-state index is 10.4. The fourth-order valence-corrected chi connectivity index (χ4v) is 1.06. The predicted octanol–water partition coefficient (Wildman–Crippen LogP) is -4.50. The van der Waals surface area contributed by atoms with E-state index in [1.54, 1.807) is 0 Å². The van der Waals surface area contributed by atoms with Crippen LogP contribution in [0, 0.1) is 0 Å². The summed E-state index contributed by atoms with van der Waals surface area (Å²) in [6.45, 7) is 1.22. The minimum atomic E-state index is -3.23. The summed E-state index contributed by atoms with van der Waals surface area (Å²) in [6, 6.07) is 0. The lowest BCUT2D eigenvalue weighted by molar-refractivity contribution is -0.858. The van der Waals surface area contributed by atoms with Crippen LogP contribution >= 0.6 is 0 Å². The molecule has 0 rings (SSSR count). The zero-order valence-corrected chi connectivity index (χ0v) is 9.20. The van der Waals surface area contributed by atoms with Crippen LogP contribution in [0.4, 0.5) is 0 Å². The molecule has 4 nitrogen and oxygen atoms in total. The summed E-state index contributed by atoms with van der Waals surface area (Å²) in [7, 11) is 0.797. The molecule has 0 radical (unpaired) electrons. The molecule has 6 heteroatoms. The van der Waals surface area contributed by atoms with E-state index < -0.39 is 10.1 Å². The van der Waals surface area contributed by atoms with E-state index in [1.807, 2.05) is 14.1 Å². The Hall–Kier alpha value is 0.160. The number of rotatable bonds is 5. The molecular formula is C6H16ClNO3S. The first kappa shape index (κ1) is 14.7. The third kappa shape index (κ3) is 12.8. The molecule has 0 heterocycles. The minimum Gasteiger partial charge on any atom is -1.00 e. The summed E-state index contributed by atoms with van der Waals surface area (Å²) in [5.74, 6) is 0. The highest BCUT2D eigenvalue weighted by Crippen LogP contribution is 1.87. The van der Waals surface area contributed by atoms with Gasteiger partial charge in [-0.25, -0.2) is 0 Å². The van der Waals surface area contributed by atoms with Crippen LogP contribution in [0.25, 0.3) is 0 Å². The van der Waals surface area contributed by atoms with Crippen molar-refractivity contribution in [3.8, 4) is 0 Å². The van der Waals surface area contributed by atoms with E-state index in [0.29, 0.717) is 6.61 Å². The van der Waals surface area contributed by atoms with Crippen LogP contribution in [0.3, 0.4) is 0 Å². The Labute approximate surface area is 80.4 Å². The molecule has 0 fully saturated rings. The van der Waals surface area contributed by atoms with Gasteiger partial charge in [0.2, 0.25) is 0 Å². The number of nitrogens with one attached hydrogen (secondary N) is 1. The summed E-state index contributed by atoms with van der Waals surface area (Å²) < 4.78 is 25.4. The predicted molar refractivity (Wildman–Crippen MR) is 43.1 cm³/mol. The van der Waals surface area contributed by atoms with E-state index in [9.17, 15) is 8.42 Å². The Bertz CT molecular complexity index is 191. The van der Waals surface area contributed by atoms with Gasteiger partial charge in [-0.3, -0.25) is 4.18 Å². The summed E-state index contributed by atoms with van der Waals surface area (Å²) >= 11 is 0. The first-order valence-electron chi connectivity index (χ1n) is 3.55. The van der Waals surface area contributed by atoms with Crippen molar-refractivity contribution in [3.63, 3.8) is 0 Å². The highest BCUT2D eigenvalue weighted by Gasteiger charge is 2.01. The van der Waals surface area contributed by atoms with Crippen molar-refractivity contribution in [2.45, 2.75) is 6.42 Å². The third-order valence-corrected chi connectivity index (χ3v) is 1.71. The zero-order valence-electron chi connectivity index (χ0n) is 7.63. The first-order valence-corrected chi connectivity index (χ1v) is 5.37. The van der Waals surface area contributed by atoms with Crippen molar-refractivity contribution in [2.24, 2.45) is 0 Å². The van der Waals surface area contributed by atoms with Crippen LogP contribution in [0.2, 0.25) is 0 Å². The summed E-state index contributed by atoms with van der Waals surface area (Å²) in [6.07, 6.45) is 1.84. The van der Waals surface area contributed by atoms with Crippen molar-refractivity contribution >= 4 is 10.1 Å². The molecule has 0 saturated heterocycles. The van der Waals surface area contributed by atoms with Gasteiger partial charge in [-0.2, -0.15) is 8.42 Å². The molecule has 0 bridgehead atoms. The van der Waals surface area contributed by atoms with Gasteiger partial charge >= 0.3 is 0 Å². The fourth-order valence-electron chi connectivity index (χ4n) is 0.636. The van der Waals surface area contributed by atoms with Gasteiger partial charge in [0.15, 0.2) is 0 Å². The second kappa shape index (κ2) is 6.65.